The van der Waals surface area contributed by atoms with Crippen LogP contribution in [0.25, 0.3) is 0 Å². The number of hydrogen-bond acceptors (Lipinski definition) is 4. The van der Waals surface area contributed by atoms with Crippen molar-refractivity contribution in [2.75, 3.05) is 10.1 Å². The molecule has 0 atom stereocenters. The van der Waals surface area contributed by atoms with Crippen molar-refractivity contribution in [3.05, 3.63) is 28.8 Å². The highest BCUT2D eigenvalue weighted by Gasteiger charge is 2.36. The maximum absolute atomic E-state index is 11.7. The Morgan fingerprint density at radius 2 is 2.00 bits per heavy atom. The zero-order valence-corrected chi connectivity index (χ0v) is 11.2. The molecule has 1 aliphatic rings. The van der Waals surface area contributed by atoms with E-state index in [1.165, 1.54) is 18.2 Å². The van der Waals surface area contributed by atoms with Crippen LogP contribution in [0.4, 0.5) is 5.69 Å². The van der Waals surface area contributed by atoms with Gasteiger partial charge in [0.2, 0.25) is 15.9 Å². The SMILES string of the molecule is O=C(Cl)c1ccc(N2C(=O)CCS2(=O)=O)cc1Cl. The number of hydrogen-bond donors (Lipinski definition) is 0. The second-order valence-electron chi connectivity index (χ2n) is 3.66. The molecule has 1 aromatic carbocycles. The van der Waals surface area contributed by atoms with E-state index in [2.05, 4.69) is 0 Å². The second kappa shape index (κ2) is 4.53. The molecule has 0 spiro atoms. The van der Waals surface area contributed by atoms with E-state index in [9.17, 15) is 18.0 Å². The van der Waals surface area contributed by atoms with Gasteiger partial charge in [-0.2, -0.15) is 0 Å². The van der Waals surface area contributed by atoms with Gasteiger partial charge in [-0.25, -0.2) is 12.7 Å². The molecule has 0 aliphatic carbocycles. The van der Waals surface area contributed by atoms with E-state index in [0.29, 0.717) is 4.31 Å². The normalized spacial score (nSPS) is 18.1. The van der Waals surface area contributed by atoms with Crippen LogP contribution in [-0.2, 0) is 14.8 Å². The summed E-state index contributed by atoms with van der Waals surface area (Å²) in [4.78, 5) is 22.5. The van der Waals surface area contributed by atoms with Gasteiger partial charge in [-0.3, -0.25) is 9.59 Å². The Hall–Kier alpha value is -1.11. The van der Waals surface area contributed by atoms with Crippen LogP contribution in [0.1, 0.15) is 16.8 Å². The summed E-state index contributed by atoms with van der Waals surface area (Å²) in [6.07, 6.45) is -0.0594. The highest BCUT2D eigenvalue weighted by atomic mass is 35.5. The van der Waals surface area contributed by atoms with Gasteiger partial charge in [0.05, 0.1) is 22.0 Å². The predicted molar refractivity (Wildman–Crippen MR) is 67.5 cm³/mol. The first-order chi connectivity index (χ1) is 8.33. The number of anilines is 1. The molecular weight excluding hydrogens is 301 g/mol. The van der Waals surface area contributed by atoms with Crippen molar-refractivity contribution in [3.63, 3.8) is 0 Å². The van der Waals surface area contributed by atoms with E-state index in [1.807, 2.05) is 0 Å². The summed E-state index contributed by atoms with van der Waals surface area (Å²) in [5.74, 6) is -0.740. The van der Waals surface area contributed by atoms with Gasteiger partial charge in [0.1, 0.15) is 0 Å². The Morgan fingerprint density at radius 1 is 1.33 bits per heavy atom. The van der Waals surface area contributed by atoms with Gasteiger partial charge < -0.3 is 0 Å². The molecule has 0 bridgehead atoms. The molecule has 1 saturated heterocycles. The van der Waals surface area contributed by atoms with Crippen molar-refractivity contribution in [3.8, 4) is 0 Å². The quantitative estimate of drug-likeness (QED) is 0.781. The second-order valence-corrected chi connectivity index (χ2v) is 6.35. The minimum Gasteiger partial charge on any atom is -0.276 e. The molecule has 0 radical (unpaired) electrons. The molecule has 1 aromatic rings. The minimum absolute atomic E-state index is 0.00222. The third kappa shape index (κ3) is 2.23. The summed E-state index contributed by atoms with van der Waals surface area (Å²) < 4.78 is 24.0. The fourth-order valence-corrected chi connectivity index (χ4v) is 3.58. The van der Waals surface area contributed by atoms with Gasteiger partial charge in [0.15, 0.2) is 0 Å². The molecule has 0 aromatic heterocycles. The van der Waals surface area contributed by atoms with Gasteiger partial charge in [0, 0.05) is 6.42 Å². The molecule has 1 aliphatic heterocycles. The summed E-state index contributed by atoms with van der Waals surface area (Å²) >= 11 is 11.1. The van der Waals surface area contributed by atoms with E-state index < -0.39 is 21.2 Å². The fourth-order valence-electron chi connectivity index (χ4n) is 1.66. The third-order valence-corrected chi connectivity index (χ3v) is 4.68. The van der Waals surface area contributed by atoms with Crippen LogP contribution in [0, 0.1) is 0 Å². The van der Waals surface area contributed by atoms with E-state index in [0.717, 1.165) is 0 Å². The van der Waals surface area contributed by atoms with Crippen LogP contribution in [0.5, 0.6) is 0 Å². The minimum atomic E-state index is -3.63. The van der Waals surface area contributed by atoms with Crippen molar-refractivity contribution < 1.29 is 18.0 Å². The lowest BCUT2D eigenvalue weighted by Crippen LogP contribution is -2.29. The molecular formula is C10H7Cl2NO4S. The lowest BCUT2D eigenvalue weighted by atomic mass is 10.2. The molecule has 0 saturated carbocycles. The lowest BCUT2D eigenvalue weighted by molar-refractivity contribution is -0.116. The molecule has 2 rings (SSSR count). The van der Waals surface area contributed by atoms with Crippen LogP contribution in [0.2, 0.25) is 5.02 Å². The van der Waals surface area contributed by atoms with Gasteiger partial charge in [-0.15, -0.1) is 0 Å². The van der Waals surface area contributed by atoms with Crippen LogP contribution in [0.3, 0.4) is 0 Å². The summed E-state index contributed by atoms with van der Waals surface area (Å²) in [5.41, 5.74) is 0.176. The zero-order valence-electron chi connectivity index (χ0n) is 8.89. The average molecular weight is 308 g/mol. The lowest BCUT2D eigenvalue weighted by Gasteiger charge is -2.15. The van der Waals surface area contributed by atoms with Crippen molar-refractivity contribution in [2.45, 2.75) is 6.42 Å². The molecule has 1 heterocycles. The molecule has 18 heavy (non-hydrogen) atoms. The fraction of sp³-hybridized carbons (Fsp3) is 0.200. The zero-order chi connectivity index (χ0) is 13.5. The molecule has 1 fully saturated rings. The average Bonchev–Trinajstić information content (AvgIpc) is 2.52. The maximum Gasteiger partial charge on any atom is 0.253 e. The summed E-state index contributed by atoms with van der Waals surface area (Å²) in [5, 5.41) is -0.746. The van der Waals surface area contributed by atoms with Crippen LogP contribution in [-0.4, -0.2) is 25.3 Å². The van der Waals surface area contributed by atoms with Crippen LogP contribution < -0.4 is 4.31 Å². The number of carbonyl (C=O) groups excluding carboxylic acids is 2. The maximum atomic E-state index is 11.7. The topological polar surface area (TPSA) is 71.5 Å². The van der Waals surface area contributed by atoms with Crippen molar-refractivity contribution in [1.82, 2.24) is 0 Å². The molecule has 96 valence electrons. The monoisotopic (exact) mass is 307 g/mol. The first kappa shape index (κ1) is 13.3. The first-order valence-corrected chi connectivity index (χ1v) is 7.24. The third-order valence-electron chi connectivity index (χ3n) is 2.48. The Kier molecular flexibility index (Phi) is 3.35. The van der Waals surface area contributed by atoms with Gasteiger partial charge in [0.25, 0.3) is 5.24 Å². The first-order valence-electron chi connectivity index (χ1n) is 4.88. The summed E-state index contributed by atoms with van der Waals surface area (Å²) in [6.45, 7) is 0. The Labute approximate surface area is 113 Å². The van der Waals surface area contributed by atoms with Crippen molar-refractivity contribution >= 4 is 50.1 Å². The number of benzene rings is 1. The number of rotatable bonds is 2. The molecule has 0 unspecified atom stereocenters. The van der Waals surface area contributed by atoms with Crippen molar-refractivity contribution in [2.24, 2.45) is 0 Å². The standard InChI is InChI=1S/C10H7Cl2NO4S/c11-8-5-6(1-2-7(8)10(12)15)13-9(14)3-4-18(13,16)17/h1-2,5H,3-4H2. The molecule has 1 amide bonds. The number of amides is 1. The smallest absolute Gasteiger partial charge is 0.253 e. The summed E-state index contributed by atoms with van der Waals surface area (Å²) in [6, 6.07) is 3.84. The Morgan fingerprint density at radius 3 is 2.44 bits per heavy atom. The number of carbonyl (C=O) groups is 2. The largest absolute Gasteiger partial charge is 0.276 e. The number of sulfonamides is 1. The van der Waals surface area contributed by atoms with Gasteiger partial charge in [-0.1, -0.05) is 11.6 Å². The Balaban J connectivity index is 2.50. The predicted octanol–water partition coefficient (Wildman–Crippen LogP) is 1.79. The van der Waals surface area contributed by atoms with Crippen molar-refractivity contribution in [1.29, 1.82) is 0 Å². The van der Waals surface area contributed by atoms with E-state index in [-0.39, 0.29) is 28.4 Å². The molecule has 0 N–H and O–H groups in total. The number of halogens is 2. The number of nitrogens with zero attached hydrogens (tertiary/aromatic N) is 1. The molecule has 8 heteroatoms. The molecule has 5 nitrogen and oxygen atoms in total. The van der Waals surface area contributed by atoms with Crippen LogP contribution in [0.15, 0.2) is 18.2 Å². The highest BCUT2D eigenvalue weighted by Crippen LogP contribution is 2.29. The van der Waals surface area contributed by atoms with Gasteiger partial charge >= 0.3 is 0 Å². The Bertz CT molecular complexity index is 641. The van der Waals surface area contributed by atoms with E-state index in [1.54, 1.807) is 0 Å². The highest BCUT2D eigenvalue weighted by molar-refractivity contribution is 7.94. The summed E-state index contributed by atoms with van der Waals surface area (Å²) in [7, 11) is -3.63. The van der Waals surface area contributed by atoms with E-state index >= 15 is 0 Å². The van der Waals surface area contributed by atoms with Crippen LogP contribution >= 0.6 is 23.2 Å². The van der Waals surface area contributed by atoms with E-state index in [4.69, 9.17) is 23.2 Å². The van der Waals surface area contributed by atoms with Gasteiger partial charge in [-0.05, 0) is 29.8 Å².